The Bertz CT molecular complexity index is 990. The van der Waals surface area contributed by atoms with Gasteiger partial charge in [0.1, 0.15) is 5.56 Å². The summed E-state index contributed by atoms with van der Waals surface area (Å²) in [5.41, 5.74) is 5.18. The molecule has 2 aliphatic carbocycles. The third-order valence-electron chi connectivity index (χ3n) is 5.84. The van der Waals surface area contributed by atoms with E-state index >= 15 is 0 Å². The van der Waals surface area contributed by atoms with E-state index in [1.807, 2.05) is 0 Å². The summed E-state index contributed by atoms with van der Waals surface area (Å²) in [7, 11) is 0. The number of nitrogens with zero attached hydrogens (tertiary/aromatic N) is 3. The van der Waals surface area contributed by atoms with Gasteiger partial charge in [0.2, 0.25) is 0 Å². The molecule has 0 radical (unpaired) electrons. The zero-order valence-electron chi connectivity index (χ0n) is 16.7. The van der Waals surface area contributed by atoms with Crippen molar-refractivity contribution in [2.45, 2.75) is 56.4 Å². The first-order chi connectivity index (χ1) is 14.7. The van der Waals surface area contributed by atoms with Gasteiger partial charge in [-0.3, -0.25) is 9.48 Å². The number of anilines is 2. The molecule has 2 aliphatic rings. The second-order valence-electron chi connectivity index (χ2n) is 8.19. The number of aromatic nitrogens is 2. The van der Waals surface area contributed by atoms with Gasteiger partial charge >= 0.3 is 6.18 Å². The predicted octanol–water partition coefficient (Wildman–Crippen LogP) is 3.73. The summed E-state index contributed by atoms with van der Waals surface area (Å²) in [6, 6.07) is 7.43. The highest BCUT2D eigenvalue weighted by Gasteiger charge is 2.35. The van der Waals surface area contributed by atoms with Crippen LogP contribution in [0.4, 0.5) is 24.7 Å². The number of carbonyl (C=O) groups is 1. The lowest BCUT2D eigenvalue weighted by Crippen LogP contribution is -2.39. The highest BCUT2D eigenvalue weighted by atomic mass is 19.4. The molecule has 2 saturated carbocycles. The molecular formula is C21H23F3N6O. The van der Waals surface area contributed by atoms with Crippen LogP contribution in [-0.2, 0) is 6.18 Å². The Labute approximate surface area is 177 Å². The zero-order chi connectivity index (χ0) is 22.2. The Balaban J connectivity index is 1.53. The summed E-state index contributed by atoms with van der Waals surface area (Å²) in [5, 5.41) is 20.6. The van der Waals surface area contributed by atoms with Crippen molar-refractivity contribution < 1.29 is 18.0 Å². The number of amides is 1. The van der Waals surface area contributed by atoms with E-state index in [-0.39, 0.29) is 23.3 Å². The number of nitriles is 1. The molecule has 164 valence electrons. The molecule has 1 aromatic heterocycles. The van der Waals surface area contributed by atoms with Gasteiger partial charge < -0.3 is 16.4 Å². The van der Waals surface area contributed by atoms with Crippen LogP contribution in [0.2, 0.25) is 0 Å². The van der Waals surface area contributed by atoms with E-state index in [1.54, 1.807) is 4.68 Å². The van der Waals surface area contributed by atoms with E-state index in [9.17, 15) is 23.2 Å². The largest absolute Gasteiger partial charge is 0.416 e. The Morgan fingerprint density at radius 3 is 2.42 bits per heavy atom. The second-order valence-corrected chi connectivity index (χ2v) is 8.19. The van der Waals surface area contributed by atoms with Crippen LogP contribution in [0.3, 0.4) is 0 Å². The first-order valence-corrected chi connectivity index (χ1v) is 10.2. The lowest BCUT2D eigenvalue weighted by atomic mass is 9.82. The average molecular weight is 432 g/mol. The first kappa shape index (κ1) is 21.2. The smallest absolute Gasteiger partial charge is 0.365 e. The molecule has 4 rings (SSSR count). The number of nitrogens with two attached hydrogens (primary N) is 1. The van der Waals surface area contributed by atoms with Crippen molar-refractivity contribution in [3.8, 4) is 6.07 Å². The molecule has 0 spiro atoms. The number of rotatable bonds is 6. The molecule has 1 aromatic carbocycles. The molecule has 31 heavy (non-hydrogen) atoms. The SMILES string of the molecule is N#C[C@H]1C[C@H](NC2CC2)CC[C@@H]1n1cc(C(N)=O)c(Nc2ccc(C(F)(F)F)cc2)n1. The zero-order valence-corrected chi connectivity index (χ0v) is 16.7. The molecule has 1 amide bonds. The van der Waals surface area contributed by atoms with Gasteiger partial charge in [0.05, 0.1) is 23.6 Å². The van der Waals surface area contributed by atoms with E-state index in [0.29, 0.717) is 24.2 Å². The molecule has 10 heteroatoms. The molecular weight excluding hydrogens is 409 g/mol. The number of benzene rings is 1. The van der Waals surface area contributed by atoms with Crippen LogP contribution in [0.5, 0.6) is 0 Å². The highest BCUT2D eigenvalue weighted by Crippen LogP contribution is 2.36. The Kier molecular flexibility index (Phi) is 5.62. The maximum Gasteiger partial charge on any atom is 0.416 e. The maximum atomic E-state index is 12.8. The lowest BCUT2D eigenvalue weighted by molar-refractivity contribution is -0.137. The van der Waals surface area contributed by atoms with Crippen LogP contribution in [0.1, 0.15) is 54.1 Å². The molecule has 0 unspecified atom stereocenters. The number of halogens is 3. The number of hydrogen-bond donors (Lipinski definition) is 3. The molecule has 7 nitrogen and oxygen atoms in total. The summed E-state index contributed by atoms with van der Waals surface area (Å²) in [6.07, 6.45) is 1.75. The minimum absolute atomic E-state index is 0.120. The van der Waals surface area contributed by atoms with Gasteiger partial charge in [-0.1, -0.05) is 0 Å². The number of primary amides is 1. The van der Waals surface area contributed by atoms with E-state index in [4.69, 9.17) is 5.73 Å². The summed E-state index contributed by atoms with van der Waals surface area (Å²) in [6.45, 7) is 0. The van der Waals surface area contributed by atoms with Crippen molar-refractivity contribution in [2.24, 2.45) is 11.7 Å². The molecule has 2 fully saturated rings. The number of hydrogen-bond acceptors (Lipinski definition) is 5. The molecule has 0 aliphatic heterocycles. The molecule has 1 heterocycles. The van der Waals surface area contributed by atoms with Crippen LogP contribution in [0.25, 0.3) is 0 Å². The standard InChI is InChI=1S/C21H23F3N6O/c22-21(23,24)13-1-3-15(4-2-13)28-20-17(19(26)31)11-30(29-20)18-8-7-16(9-12(18)10-25)27-14-5-6-14/h1-4,11-12,14,16,18,27H,5-9H2,(H2,26,31)(H,28,29)/t12-,16-,18+/m1/s1. The third kappa shape index (κ3) is 4.82. The first-order valence-electron chi connectivity index (χ1n) is 10.2. The summed E-state index contributed by atoms with van der Waals surface area (Å²) >= 11 is 0. The van der Waals surface area contributed by atoms with Gasteiger partial charge in [0, 0.05) is 24.0 Å². The summed E-state index contributed by atoms with van der Waals surface area (Å²) < 4.78 is 39.9. The van der Waals surface area contributed by atoms with Crippen molar-refractivity contribution in [3.05, 3.63) is 41.6 Å². The topological polar surface area (TPSA) is 109 Å². The quantitative estimate of drug-likeness (QED) is 0.645. The molecule has 3 atom stereocenters. The van der Waals surface area contributed by atoms with Gasteiger partial charge in [-0.15, -0.1) is 0 Å². The fraction of sp³-hybridized carbons (Fsp3) is 0.476. The second kappa shape index (κ2) is 8.23. The van der Waals surface area contributed by atoms with Gasteiger partial charge in [-0.25, -0.2) is 0 Å². The molecule has 2 aromatic rings. The van der Waals surface area contributed by atoms with Crippen LogP contribution >= 0.6 is 0 Å². The van der Waals surface area contributed by atoms with Crippen molar-refractivity contribution in [2.75, 3.05) is 5.32 Å². The Morgan fingerprint density at radius 1 is 1.16 bits per heavy atom. The summed E-state index contributed by atoms with van der Waals surface area (Å²) in [4.78, 5) is 11.9. The van der Waals surface area contributed by atoms with Crippen LogP contribution in [-0.4, -0.2) is 27.8 Å². The fourth-order valence-electron chi connectivity index (χ4n) is 4.06. The van der Waals surface area contributed by atoms with E-state index in [0.717, 1.165) is 25.0 Å². The van der Waals surface area contributed by atoms with Crippen LogP contribution in [0.15, 0.2) is 30.5 Å². The Hall–Kier alpha value is -3.06. The minimum atomic E-state index is -4.43. The van der Waals surface area contributed by atoms with E-state index in [2.05, 4.69) is 21.8 Å². The predicted molar refractivity (Wildman–Crippen MR) is 107 cm³/mol. The minimum Gasteiger partial charge on any atom is -0.365 e. The molecule has 0 bridgehead atoms. The van der Waals surface area contributed by atoms with Crippen molar-refractivity contribution in [1.29, 1.82) is 5.26 Å². The van der Waals surface area contributed by atoms with Crippen LogP contribution < -0.4 is 16.4 Å². The number of nitrogens with one attached hydrogen (secondary N) is 2. The maximum absolute atomic E-state index is 12.8. The van der Waals surface area contributed by atoms with Gasteiger partial charge in [0.15, 0.2) is 5.82 Å². The average Bonchev–Trinajstić information content (AvgIpc) is 3.44. The monoisotopic (exact) mass is 432 g/mol. The van der Waals surface area contributed by atoms with Gasteiger partial charge in [0.25, 0.3) is 5.91 Å². The molecule has 4 N–H and O–H groups in total. The normalized spacial score (nSPS) is 23.9. The van der Waals surface area contributed by atoms with Gasteiger partial charge in [-0.2, -0.15) is 23.5 Å². The van der Waals surface area contributed by atoms with Crippen LogP contribution in [0, 0.1) is 17.2 Å². The summed E-state index contributed by atoms with van der Waals surface area (Å²) in [5.74, 6) is -0.829. The number of carbonyl (C=O) groups excluding carboxylic acids is 1. The van der Waals surface area contributed by atoms with Crippen molar-refractivity contribution >= 4 is 17.4 Å². The Morgan fingerprint density at radius 2 is 1.84 bits per heavy atom. The van der Waals surface area contributed by atoms with Crippen molar-refractivity contribution in [1.82, 2.24) is 15.1 Å². The third-order valence-corrected chi connectivity index (χ3v) is 5.84. The molecule has 0 saturated heterocycles. The van der Waals surface area contributed by atoms with Crippen molar-refractivity contribution in [3.63, 3.8) is 0 Å². The number of alkyl halides is 3. The lowest BCUT2D eigenvalue weighted by Gasteiger charge is -2.33. The van der Waals surface area contributed by atoms with E-state index < -0.39 is 17.6 Å². The fourth-order valence-corrected chi connectivity index (χ4v) is 4.06. The van der Waals surface area contributed by atoms with E-state index in [1.165, 1.54) is 31.2 Å². The highest BCUT2D eigenvalue weighted by molar-refractivity contribution is 5.98. The van der Waals surface area contributed by atoms with Gasteiger partial charge in [-0.05, 0) is 56.4 Å².